The van der Waals surface area contributed by atoms with Crippen LogP contribution in [-0.4, -0.2) is 34.2 Å². The van der Waals surface area contributed by atoms with Gasteiger partial charge in [0, 0.05) is 13.0 Å². The highest BCUT2D eigenvalue weighted by molar-refractivity contribution is 7.22. The fraction of sp³-hybridized carbons (Fsp3) is 0.444. The minimum Gasteiger partial charge on any atom is -0.302 e. The van der Waals surface area contributed by atoms with Gasteiger partial charge in [0.05, 0.1) is 22.1 Å². The number of anilines is 1. The lowest BCUT2D eigenvalue weighted by Crippen LogP contribution is -2.34. The summed E-state index contributed by atoms with van der Waals surface area (Å²) in [6.45, 7) is 0.154. The minimum absolute atomic E-state index is 0.0949. The number of amides is 3. The van der Waals surface area contributed by atoms with Crippen molar-refractivity contribution in [2.24, 2.45) is 11.8 Å². The number of thiazole rings is 1. The predicted octanol–water partition coefficient (Wildman–Crippen LogP) is 2.80. The molecule has 2 heterocycles. The fourth-order valence-corrected chi connectivity index (χ4v) is 4.65. The highest BCUT2D eigenvalue weighted by Gasteiger charge is 2.47. The molecule has 2 aromatic rings. The average Bonchev–Trinajstić information content (AvgIpc) is 3.13. The van der Waals surface area contributed by atoms with Gasteiger partial charge in [0.15, 0.2) is 5.13 Å². The lowest BCUT2D eigenvalue weighted by atomic mass is 9.81. The van der Waals surface area contributed by atoms with Crippen LogP contribution in [0.25, 0.3) is 10.2 Å². The van der Waals surface area contributed by atoms with E-state index in [4.69, 9.17) is 0 Å². The number of para-hydroxylation sites is 1. The molecule has 2 aliphatic rings. The van der Waals surface area contributed by atoms with Crippen LogP contribution in [-0.2, 0) is 14.4 Å². The minimum atomic E-state index is -0.227. The summed E-state index contributed by atoms with van der Waals surface area (Å²) in [6.07, 6.45) is 3.71. The van der Waals surface area contributed by atoms with E-state index in [1.165, 1.54) is 16.2 Å². The molecule has 1 aromatic carbocycles. The van der Waals surface area contributed by atoms with Crippen LogP contribution in [0, 0.1) is 11.8 Å². The van der Waals surface area contributed by atoms with Crippen molar-refractivity contribution >= 4 is 44.4 Å². The van der Waals surface area contributed by atoms with E-state index >= 15 is 0 Å². The first kappa shape index (κ1) is 16.2. The Morgan fingerprint density at radius 3 is 2.52 bits per heavy atom. The first-order valence-electron chi connectivity index (χ1n) is 8.64. The quantitative estimate of drug-likeness (QED) is 0.854. The van der Waals surface area contributed by atoms with E-state index in [2.05, 4.69) is 10.3 Å². The Hall–Kier alpha value is -2.28. The predicted molar refractivity (Wildman–Crippen MR) is 95.0 cm³/mol. The van der Waals surface area contributed by atoms with Crippen LogP contribution < -0.4 is 5.32 Å². The summed E-state index contributed by atoms with van der Waals surface area (Å²) >= 11 is 1.41. The van der Waals surface area contributed by atoms with Gasteiger partial charge in [-0.2, -0.15) is 0 Å². The van der Waals surface area contributed by atoms with E-state index in [1.54, 1.807) is 0 Å². The summed E-state index contributed by atoms with van der Waals surface area (Å²) in [7, 11) is 0. The van der Waals surface area contributed by atoms with Crippen LogP contribution in [0.1, 0.15) is 32.1 Å². The second kappa shape index (κ2) is 6.55. The topological polar surface area (TPSA) is 79.4 Å². The lowest BCUT2D eigenvalue weighted by molar-refractivity contribution is -0.140. The SMILES string of the molecule is O=C(CCN1C(=O)C2CCCCC2C1=O)Nc1nc2ccccc2s1. The number of nitrogens with zero attached hydrogens (tertiary/aromatic N) is 2. The molecule has 1 saturated carbocycles. The van der Waals surface area contributed by atoms with Gasteiger partial charge >= 0.3 is 0 Å². The molecule has 1 aliphatic heterocycles. The van der Waals surface area contributed by atoms with Crippen LogP contribution in [0.4, 0.5) is 5.13 Å². The Balaban J connectivity index is 1.37. The number of nitrogens with one attached hydrogen (secondary N) is 1. The Morgan fingerprint density at radius 2 is 1.84 bits per heavy atom. The number of hydrogen-bond acceptors (Lipinski definition) is 5. The molecule has 1 N–H and O–H groups in total. The molecule has 0 spiro atoms. The number of rotatable bonds is 4. The van der Waals surface area contributed by atoms with Crippen LogP contribution in [0.15, 0.2) is 24.3 Å². The summed E-state index contributed by atoms with van der Waals surface area (Å²) in [5, 5.41) is 3.31. The third kappa shape index (κ3) is 3.04. The maximum atomic E-state index is 12.4. The van der Waals surface area contributed by atoms with E-state index in [1.807, 2.05) is 24.3 Å². The summed E-state index contributed by atoms with van der Waals surface area (Å²) in [5.74, 6) is -0.735. The van der Waals surface area contributed by atoms with Gasteiger partial charge in [-0.15, -0.1) is 0 Å². The van der Waals surface area contributed by atoms with Crippen LogP contribution in [0.2, 0.25) is 0 Å². The zero-order chi connectivity index (χ0) is 17.4. The van der Waals surface area contributed by atoms with Gasteiger partial charge in [-0.25, -0.2) is 4.98 Å². The normalized spacial score (nSPS) is 23.1. The number of fused-ring (bicyclic) bond motifs is 2. The summed E-state index contributed by atoms with van der Waals surface area (Å²) in [5.41, 5.74) is 0.844. The van der Waals surface area contributed by atoms with Crippen molar-refractivity contribution in [3.8, 4) is 0 Å². The van der Waals surface area contributed by atoms with Crippen molar-refractivity contribution in [3.63, 3.8) is 0 Å². The number of benzene rings is 1. The molecule has 6 nitrogen and oxygen atoms in total. The smallest absolute Gasteiger partial charge is 0.233 e. The van der Waals surface area contributed by atoms with Crippen molar-refractivity contribution in [2.75, 3.05) is 11.9 Å². The van der Waals surface area contributed by atoms with Crippen LogP contribution in [0.3, 0.4) is 0 Å². The molecule has 25 heavy (non-hydrogen) atoms. The largest absolute Gasteiger partial charge is 0.302 e. The summed E-state index contributed by atoms with van der Waals surface area (Å²) < 4.78 is 1.01. The Morgan fingerprint density at radius 1 is 1.16 bits per heavy atom. The van der Waals surface area contributed by atoms with Gasteiger partial charge < -0.3 is 5.32 Å². The van der Waals surface area contributed by atoms with Crippen molar-refractivity contribution in [1.82, 2.24) is 9.88 Å². The molecule has 2 fully saturated rings. The molecule has 0 bridgehead atoms. The van der Waals surface area contributed by atoms with Gasteiger partial charge in [0.25, 0.3) is 0 Å². The molecule has 4 rings (SSSR count). The molecule has 7 heteroatoms. The van der Waals surface area contributed by atoms with E-state index in [9.17, 15) is 14.4 Å². The maximum absolute atomic E-state index is 12.4. The average molecular weight is 357 g/mol. The summed E-state index contributed by atoms with van der Waals surface area (Å²) in [4.78, 5) is 42.6. The Kier molecular flexibility index (Phi) is 4.25. The molecule has 1 saturated heterocycles. The number of hydrogen-bond donors (Lipinski definition) is 1. The standard InChI is InChI=1S/C18H19N3O3S/c22-15(20-18-19-13-7-3-4-8-14(13)25-18)9-10-21-16(23)11-5-1-2-6-12(11)17(21)24/h3-4,7-8,11-12H,1-2,5-6,9-10H2,(H,19,20,22). The van der Waals surface area contributed by atoms with Crippen molar-refractivity contribution in [1.29, 1.82) is 0 Å². The molecule has 1 aliphatic carbocycles. The number of imide groups is 1. The highest BCUT2D eigenvalue weighted by atomic mass is 32.1. The second-order valence-corrected chi connectivity index (χ2v) is 7.64. The van der Waals surface area contributed by atoms with Crippen molar-refractivity contribution in [3.05, 3.63) is 24.3 Å². The van der Waals surface area contributed by atoms with Gasteiger partial charge in [0.1, 0.15) is 0 Å². The molecule has 2 atom stereocenters. The third-order valence-corrected chi connectivity index (χ3v) is 5.99. The maximum Gasteiger partial charge on any atom is 0.233 e. The number of carbonyl (C=O) groups excluding carboxylic acids is 3. The Labute approximate surface area is 149 Å². The van der Waals surface area contributed by atoms with Crippen LogP contribution >= 0.6 is 11.3 Å². The number of carbonyl (C=O) groups is 3. The number of likely N-dealkylation sites (tertiary alicyclic amines) is 1. The van der Waals surface area contributed by atoms with Gasteiger partial charge in [0.2, 0.25) is 17.7 Å². The summed E-state index contributed by atoms with van der Waals surface area (Å²) in [6, 6.07) is 7.67. The van der Waals surface area contributed by atoms with E-state index in [-0.39, 0.29) is 42.5 Å². The third-order valence-electron chi connectivity index (χ3n) is 5.04. The fourth-order valence-electron chi connectivity index (χ4n) is 3.77. The van der Waals surface area contributed by atoms with Gasteiger partial charge in [-0.1, -0.05) is 36.3 Å². The first-order chi connectivity index (χ1) is 12.1. The van der Waals surface area contributed by atoms with E-state index in [0.717, 1.165) is 35.9 Å². The van der Waals surface area contributed by atoms with Gasteiger partial charge in [-0.05, 0) is 25.0 Å². The first-order valence-corrected chi connectivity index (χ1v) is 9.46. The second-order valence-electron chi connectivity index (χ2n) is 6.61. The van der Waals surface area contributed by atoms with Crippen molar-refractivity contribution < 1.29 is 14.4 Å². The molecule has 0 radical (unpaired) electrons. The molecular weight excluding hydrogens is 338 g/mol. The van der Waals surface area contributed by atoms with Gasteiger partial charge in [-0.3, -0.25) is 19.3 Å². The molecule has 2 unspecified atom stereocenters. The zero-order valence-electron chi connectivity index (χ0n) is 13.7. The molecule has 130 valence electrons. The van der Waals surface area contributed by atoms with Crippen LogP contribution in [0.5, 0.6) is 0 Å². The van der Waals surface area contributed by atoms with E-state index in [0.29, 0.717) is 5.13 Å². The monoisotopic (exact) mass is 357 g/mol. The molecule has 1 aromatic heterocycles. The number of aromatic nitrogens is 1. The van der Waals surface area contributed by atoms with E-state index < -0.39 is 0 Å². The lowest BCUT2D eigenvalue weighted by Gasteiger charge is -2.19. The highest BCUT2D eigenvalue weighted by Crippen LogP contribution is 2.38. The Bertz CT molecular complexity index is 790. The molecule has 3 amide bonds. The van der Waals surface area contributed by atoms with Crippen molar-refractivity contribution in [2.45, 2.75) is 32.1 Å². The zero-order valence-corrected chi connectivity index (χ0v) is 14.6. The molecular formula is C18H19N3O3S.